The number of nitrogen functional groups attached to an aromatic ring is 1. The van der Waals surface area contributed by atoms with Crippen LogP contribution in [0.4, 0.5) is 21.6 Å². The van der Waals surface area contributed by atoms with Gasteiger partial charge in [-0.05, 0) is 47.1 Å². The van der Waals surface area contributed by atoms with Crippen molar-refractivity contribution in [2.75, 3.05) is 11.1 Å². The number of nitrogens with zero attached hydrogens (tertiary/aromatic N) is 1. The van der Waals surface area contributed by atoms with Gasteiger partial charge in [0.05, 0.1) is 17.1 Å². The highest BCUT2D eigenvalue weighted by atomic mass is 79.9. The molecular weight excluding hydrogens is 285 g/mol. The minimum Gasteiger partial charge on any atom is -0.397 e. The predicted octanol–water partition coefficient (Wildman–Crippen LogP) is 3.62. The van der Waals surface area contributed by atoms with Crippen molar-refractivity contribution < 1.29 is 4.39 Å². The lowest BCUT2D eigenvalue weighted by Gasteiger charge is -2.10. The zero-order valence-electron chi connectivity index (χ0n) is 9.17. The fourth-order valence-corrected chi connectivity index (χ4v) is 1.83. The molecule has 0 bridgehead atoms. The highest BCUT2D eigenvalue weighted by molar-refractivity contribution is 9.10. The van der Waals surface area contributed by atoms with Crippen LogP contribution in [0.3, 0.4) is 0 Å². The summed E-state index contributed by atoms with van der Waals surface area (Å²) in [4.78, 5) is 4.23. The van der Waals surface area contributed by atoms with Gasteiger partial charge in [0.25, 0.3) is 0 Å². The maximum atomic E-state index is 13.6. The van der Waals surface area contributed by atoms with Gasteiger partial charge in [0.1, 0.15) is 11.6 Å². The number of pyridine rings is 1. The van der Waals surface area contributed by atoms with E-state index in [2.05, 4.69) is 26.2 Å². The Balaban J connectivity index is 2.35. The number of hydrogen-bond donors (Lipinski definition) is 2. The first kappa shape index (κ1) is 11.9. The largest absolute Gasteiger partial charge is 0.397 e. The van der Waals surface area contributed by atoms with Crippen molar-refractivity contribution in [2.45, 2.75) is 6.92 Å². The number of aromatic nitrogens is 1. The molecule has 0 aliphatic heterocycles. The summed E-state index contributed by atoms with van der Waals surface area (Å²) in [6.07, 6.45) is 0. The topological polar surface area (TPSA) is 50.9 Å². The first-order chi connectivity index (χ1) is 8.08. The first-order valence-corrected chi connectivity index (χ1v) is 5.81. The van der Waals surface area contributed by atoms with Crippen LogP contribution in [0.1, 0.15) is 5.69 Å². The van der Waals surface area contributed by atoms with Crippen molar-refractivity contribution in [3.8, 4) is 0 Å². The summed E-state index contributed by atoms with van der Waals surface area (Å²) < 4.78 is 14.2. The van der Waals surface area contributed by atoms with Crippen LogP contribution in [-0.2, 0) is 0 Å². The van der Waals surface area contributed by atoms with E-state index in [9.17, 15) is 4.39 Å². The van der Waals surface area contributed by atoms with Gasteiger partial charge in [-0.15, -0.1) is 0 Å². The van der Waals surface area contributed by atoms with Crippen LogP contribution in [0.25, 0.3) is 0 Å². The second kappa shape index (κ2) is 4.71. The molecule has 0 fully saturated rings. The van der Waals surface area contributed by atoms with E-state index in [0.29, 0.717) is 27.4 Å². The van der Waals surface area contributed by atoms with Gasteiger partial charge in [-0.2, -0.15) is 0 Å². The number of benzene rings is 1. The van der Waals surface area contributed by atoms with Gasteiger partial charge in [0.15, 0.2) is 0 Å². The van der Waals surface area contributed by atoms with Crippen molar-refractivity contribution in [3.05, 3.63) is 46.3 Å². The van der Waals surface area contributed by atoms with Crippen LogP contribution >= 0.6 is 15.9 Å². The van der Waals surface area contributed by atoms with Gasteiger partial charge in [0.2, 0.25) is 0 Å². The Labute approximate surface area is 107 Å². The zero-order valence-corrected chi connectivity index (χ0v) is 10.8. The minimum absolute atomic E-state index is 0.337. The van der Waals surface area contributed by atoms with E-state index in [-0.39, 0.29) is 5.82 Å². The molecule has 17 heavy (non-hydrogen) atoms. The Hall–Kier alpha value is -1.62. The summed E-state index contributed by atoms with van der Waals surface area (Å²) in [7, 11) is 0. The van der Waals surface area contributed by atoms with E-state index in [1.807, 2.05) is 0 Å². The molecule has 1 aromatic heterocycles. The predicted molar refractivity (Wildman–Crippen MR) is 70.8 cm³/mol. The third-order valence-corrected chi connectivity index (χ3v) is 3.00. The number of nitrogens with one attached hydrogen (secondary N) is 1. The lowest BCUT2D eigenvalue weighted by molar-refractivity contribution is 0.631. The molecule has 1 aromatic carbocycles. The van der Waals surface area contributed by atoms with Crippen LogP contribution in [0.15, 0.2) is 34.8 Å². The quantitative estimate of drug-likeness (QED) is 0.890. The zero-order chi connectivity index (χ0) is 12.4. The molecule has 3 nitrogen and oxygen atoms in total. The molecule has 0 atom stereocenters. The number of para-hydroxylation sites is 1. The van der Waals surface area contributed by atoms with E-state index >= 15 is 0 Å². The Morgan fingerprint density at radius 3 is 2.71 bits per heavy atom. The van der Waals surface area contributed by atoms with Crippen molar-refractivity contribution in [3.63, 3.8) is 0 Å². The fourth-order valence-electron chi connectivity index (χ4n) is 1.39. The summed E-state index contributed by atoms with van der Waals surface area (Å²) in [5.74, 6) is 0.221. The molecule has 2 aromatic rings. The molecule has 0 unspecified atom stereocenters. The SMILES string of the molecule is Cc1nc(Nc2c(F)cccc2Br)ccc1N. The number of rotatable bonds is 2. The maximum absolute atomic E-state index is 13.6. The fraction of sp³-hybridized carbons (Fsp3) is 0.0833. The number of hydrogen-bond acceptors (Lipinski definition) is 3. The summed E-state index contributed by atoms with van der Waals surface area (Å²) in [6, 6.07) is 8.22. The van der Waals surface area contributed by atoms with Gasteiger partial charge < -0.3 is 11.1 Å². The Kier molecular flexibility index (Phi) is 3.28. The molecule has 0 radical (unpaired) electrons. The maximum Gasteiger partial charge on any atom is 0.147 e. The molecule has 3 N–H and O–H groups in total. The average molecular weight is 296 g/mol. The van der Waals surface area contributed by atoms with Gasteiger partial charge >= 0.3 is 0 Å². The van der Waals surface area contributed by atoms with E-state index in [1.54, 1.807) is 31.2 Å². The van der Waals surface area contributed by atoms with E-state index in [0.717, 1.165) is 0 Å². The summed E-state index contributed by atoms with van der Waals surface area (Å²) in [5, 5.41) is 2.92. The molecular formula is C12H11BrFN3. The third kappa shape index (κ3) is 2.55. The number of nitrogens with two attached hydrogens (primary N) is 1. The third-order valence-electron chi connectivity index (χ3n) is 2.34. The molecule has 0 amide bonds. The Morgan fingerprint density at radius 1 is 1.29 bits per heavy atom. The van der Waals surface area contributed by atoms with Crippen LogP contribution in [0, 0.1) is 12.7 Å². The minimum atomic E-state index is -0.337. The van der Waals surface area contributed by atoms with Gasteiger partial charge in [0, 0.05) is 4.47 Å². The highest BCUT2D eigenvalue weighted by Crippen LogP contribution is 2.28. The molecule has 2 rings (SSSR count). The summed E-state index contributed by atoms with van der Waals surface area (Å²) in [6.45, 7) is 1.80. The Morgan fingerprint density at radius 2 is 2.06 bits per heavy atom. The van der Waals surface area contributed by atoms with E-state index in [1.165, 1.54) is 6.07 Å². The average Bonchev–Trinajstić information content (AvgIpc) is 2.28. The lowest BCUT2D eigenvalue weighted by Crippen LogP contribution is -2.00. The first-order valence-electron chi connectivity index (χ1n) is 5.02. The van der Waals surface area contributed by atoms with Crippen molar-refractivity contribution in [1.82, 2.24) is 4.98 Å². The number of halogens is 2. The standard InChI is InChI=1S/C12H11BrFN3/c1-7-10(15)5-6-11(16-7)17-12-8(13)3-2-4-9(12)14/h2-6H,15H2,1H3,(H,16,17). The van der Waals surface area contributed by atoms with E-state index < -0.39 is 0 Å². The monoisotopic (exact) mass is 295 g/mol. The molecule has 1 heterocycles. The van der Waals surface area contributed by atoms with Gasteiger partial charge in [-0.1, -0.05) is 6.07 Å². The Bertz CT molecular complexity index is 537. The highest BCUT2D eigenvalue weighted by Gasteiger charge is 2.07. The smallest absolute Gasteiger partial charge is 0.147 e. The second-order valence-electron chi connectivity index (χ2n) is 3.59. The van der Waals surface area contributed by atoms with Crippen molar-refractivity contribution >= 4 is 33.1 Å². The number of anilines is 3. The van der Waals surface area contributed by atoms with E-state index in [4.69, 9.17) is 5.73 Å². The van der Waals surface area contributed by atoms with Gasteiger partial charge in [-0.3, -0.25) is 0 Å². The summed E-state index contributed by atoms with van der Waals surface area (Å²) in [5.41, 5.74) is 7.36. The second-order valence-corrected chi connectivity index (χ2v) is 4.45. The van der Waals surface area contributed by atoms with Crippen LogP contribution < -0.4 is 11.1 Å². The van der Waals surface area contributed by atoms with Crippen molar-refractivity contribution in [2.24, 2.45) is 0 Å². The normalized spacial score (nSPS) is 10.3. The molecule has 0 aliphatic carbocycles. The van der Waals surface area contributed by atoms with Gasteiger partial charge in [-0.25, -0.2) is 9.37 Å². The lowest BCUT2D eigenvalue weighted by atomic mass is 10.3. The number of aryl methyl sites for hydroxylation is 1. The molecule has 5 heteroatoms. The van der Waals surface area contributed by atoms with Crippen LogP contribution in [0.2, 0.25) is 0 Å². The molecule has 0 spiro atoms. The molecule has 0 aliphatic rings. The van der Waals surface area contributed by atoms with Crippen LogP contribution in [0.5, 0.6) is 0 Å². The van der Waals surface area contributed by atoms with Crippen molar-refractivity contribution in [1.29, 1.82) is 0 Å². The van der Waals surface area contributed by atoms with Crippen LogP contribution in [-0.4, -0.2) is 4.98 Å². The summed E-state index contributed by atoms with van der Waals surface area (Å²) >= 11 is 3.28. The molecule has 88 valence electrons. The molecule has 0 saturated heterocycles. The molecule has 0 saturated carbocycles.